The molecule has 0 amide bonds. The van der Waals surface area contributed by atoms with E-state index in [0.717, 1.165) is 43.0 Å². The third-order valence-electron chi connectivity index (χ3n) is 6.13. The van der Waals surface area contributed by atoms with Crippen molar-refractivity contribution in [1.82, 2.24) is 14.9 Å². The molecule has 172 valence electrons. The zero-order valence-corrected chi connectivity index (χ0v) is 20.2. The molecule has 1 aliphatic heterocycles. The molecule has 0 radical (unpaired) electrons. The van der Waals surface area contributed by atoms with Gasteiger partial charge in [-0.25, -0.2) is 4.21 Å². The maximum absolute atomic E-state index is 10.9. The van der Waals surface area contributed by atoms with Crippen molar-refractivity contribution in [3.05, 3.63) is 52.8 Å². The number of H-pyrrole nitrogens is 1. The second kappa shape index (κ2) is 9.83. The molecule has 3 aromatic rings. The van der Waals surface area contributed by atoms with Crippen LogP contribution in [0.4, 0.5) is 0 Å². The van der Waals surface area contributed by atoms with Gasteiger partial charge in [0.25, 0.3) is 0 Å². The fourth-order valence-electron chi connectivity index (χ4n) is 4.76. The highest BCUT2D eigenvalue weighted by atomic mass is 32.2. The Hall–Kier alpha value is -2.06. The number of aromatic amines is 1. The summed E-state index contributed by atoms with van der Waals surface area (Å²) in [5.74, 6) is 0.692. The van der Waals surface area contributed by atoms with Crippen LogP contribution in [0.2, 0.25) is 0 Å². The maximum atomic E-state index is 10.9. The van der Waals surface area contributed by atoms with Crippen molar-refractivity contribution in [3.8, 4) is 11.3 Å². The third kappa shape index (κ3) is 5.12. The molecule has 3 heterocycles. The van der Waals surface area contributed by atoms with E-state index < -0.39 is 11.1 Å². The van der Waals surface area contributed by atoms with Gasteiger partial charge in [-0.3, -0.25) is 9.88 Å². The van der Waals surface area contributed by atoms with Gasteiger partial charge in [0.05, 0.1) is 24.2 Å². The van der Waals surface area contributed by atoms with Gasteiger partial charge in [-0.1, -0.05) is 19.9 Å². The lowest BCUT2D eigenvalue weighted by Crippen LogP contribution is -2.39. The first-order valence-corrected chi connectivity index (χ1v) is 12.6. The molecule has 1 aliphatic rings. The van der Waals surface area contributed by atoms with Crippen LogP contribution in [0.3, 0.4) is 0 Å². The van der Waals surface area contributed by atoms with E-state index in [2.05, 4.69) is 59.0 Å². The highest BCUT2D eigenvalue weighted by molar-refractivity contribution is 7.79. The summed E-state index contributed by atoms with van der Waals surface area (Å²) in [5, 5.41) is 1.25. The van der Waals surface area contributed by atoms with E-state index in [1.807, 2.05) is 13.8 Å². The molecule has 2 atom stereocenters. The second-order valence-corrected chi connectivity index (χ2v) is 10.1. The minimum Gasteiger partial charge on any atom is -0.371 e. The van der Waals surface area contributed by atoms with E-state index in [1.54, 1.807) is 0 Å². The fourth-order valence-corrected chi connectivity index (χ4v) is 5.13. The lowest BCUT2D eigenvalue weighted by Gasteiger charge is -2.33. The van der Waals surface area contributed by atoms with Gasteiger partial charge in [0.2, 0.25) is 0 Å². The van der Waals surface area contributed by atoms with Gasteiger partial charge in [-0.15, -0.1) is 0 Å². The molecule has 2 N–H and O–H groups in total. The molecule has 0 bridgehead atoms. The summed E-state index contributed by atoms with van der Waals surface area (Å²) in [6.07, 6.45) is 0.731. The molecule has 2 unspecified atom stereocenters. The summed E-state index contributed by atoms with van der Waals surface area (Å²) in [5.41, 5.74) is 8.04. The van der Waals surface area contributed by atoms with Gasteiger partial charge in [0, 0.05) is 40.9 Å². The summed E-state index contributed by atoms with van der Waals surface area (Å²) in [6.45, 7) is 11.7. The van der Waals surface area contributed by atoms with Crippen LogP contribution in [0.5, 0.6) is 0 Å². The standard InChI is InChI=1S/C25H33N3O3S/c1-16(2)24-21-14-19(23-15-28(9-10-31-23)8-5-11-32(29)30)6-7-22(21)27-25(24)20-12-17(3)26-18(4)13-20/h6-7,12-14,16,23,27H,5,8-11,15H2,1-4H3,(H,29,30). The van der Waals surface area contributed by atoms with E-state index in [-0.39, 0.29) is 6.10 Å². The Morgan fingerprint density at radius 3 is 2.69 bits per heavy atom. The SMILES string of the molecule is Cc1cc(-c2[nH]c3ccc(C4CN(CCCS(=O)O)CCO4)cc3c2C(C)C)cc(C)n1. The number of aromatic nitrogens is 2. The number of ether oxygens (including phenoxy) is 1. The molecular weight excluding hydrogens is 422 g/mol. The average Bonchev–Trinajstić information content (AvgIpc) is 3.12. The number of pyridine rings is 1. The molecule has 4 rings (SSSR count). The van der Waals surface area contributed by atoms with E-state index >= 15 is 0 Å². The van der Waals surface area contributed by atoms with Gasteiger partial charge in [0.1, 0.15) is 0 Å². The number of hydrogen-bond acceptors (Lipinski definition) is 4. The van der Waals surface area contributed by atoms with Gasteiger partial charge >= 0.3 is 0 Å². The van der Waals surface area contributed by atoms with Crippen LogP contribution in [0, 0.1) is 13.8 Å². The lowest BCUT2D eigenvalue weighted by atomic mass is 9.94. The molecular formula is C25H33N3O3S. The number of nitrogens with one attached hydrogen (secondary N) is 1. The van der Waals surface area contributed by atoms with E-state index in [4.69, 9.17) is 9.29 Å². The van der Waals surface area contributed by atoms with E-state index in [1.165, 1.54) is 27.8 Å². The van der Waals surface area contributed by atoms with Gasteiger partial charge in [-0.2, -0.15) is 0 Å². The van der Waals surface area contributed by atoms with E-state index in [9.17, 15) is 4.21 Å². The Labute approximate surface area is 192 Å². The lowest BCUT2D eigenvalue weighted by molar-refractivity contribution is -0.0297. The molecule has 7 heteroatoms. The quantitative estimate of drug-likeness (QED) is 0.493. The predicted molar refractivity (Wildman–Crippen MR) is 130 cm³/mol. The number of morpholine rings is 1. The van der Waals surface area contributed by atoms with Crippen molar-refractivity contribution in [2.45, 2.75) is 46.1 Å². The minimum absolute atomic E-state index is 0.0107. The summed E-state index contributed by atoms with van der Waals surface area (Å²) >= 11 is -1.72. The van der Waals surface area contributed by atoms with Gasteiger partial charge in [-0.05, 0) is 68.1 Å². The number of aryl methyl sites for hydroxylation is 2. The molecule has 2 aromatic heterocycles. The largest absolute Gasteiger partial charge is 0.371 e. The number of hydrogen-bond donors (Lipinski definition) is 2. The third-order valence-corrected chi connectivity index (χ3v) is 6.76. The zero-order valence-electron chi connectivity index (χ0n) is 19.4. The van der Waals surface area contributed by atoms with Crippen LogP contribution in [0.25, 0.3) is 22.2 Å². The van der Waals surface area contributed by atoms with Gasteiger partial charge in [0.15, 0.2) is 11.1 Å². The fraction of sp³-hybridized carbons (Fsp3) is 0.480. The van der Waals surface area contributed by atoms with Crippen molar-refractivity contribution >= 4 is 22.0 Å². The Kier molecular flexibility index (Phi) is 7.10. The van der Waals surface area contributed by atoms with Crippen LogP contribution >= 0.6 is 0 Å². The maximum Gasteiger partial charge on any atom is 0.152 e. The first kappa shape index (κ1) is 23.1. The normalized spacial score (nSPS) is 18.5. The summed E-state index contributed by atoms with van der Waals surface area (Å²) < 4.78 is 26.1. The van der Waals surface area contributed by atoms with Crippen molar-refractivity contribution in [2.24, 2.45) is 0 Å². The van der Waals surface area contributed by atoms with Crippen molar-refractivity contribution in [3.63, 3.8) is 0 Å². The van der Waals surface area contributed by atoms with Crippen LogP contribution < -0.4 is 0 Å². The van der Waals surface area contributed by atoms with Crippen molar-refractivity contribution in [2.75, 3.05) is 32.0 Å². The highest BCUT2D eigenvalue weighted by Crippen LogP contribution is 2.37. The van der Waals surface area contributed by atoms with Crippen LogP contribution in [0.1, 0.15) is 54.8 Å². The van der Waals surface area contributed by atoms with Crippen LogP contribution in [0.15, 0.2) is 30.3 Å². The van der Waals surface area contributed by atoms with Crippen molar-refractivity contribution < 1.29 is 13.5 Å². The number of rotatable bonds is 7. The first-order chi connectivity index (χ1) is 15.3. The first-order valence-electron chi connectivity index (χ1n) is 11.3. The van der Waals surface area contributed by atoms with Crippen LogP contribution in [-0.4, -0.2) is 55.6 Å². The Bertz CT molecular complexity index is 1100. The Balaban J connectivity index is 1.65. The van der Waals surface area contributed by atoms with Crippen molar-refractivity contribution in [1.29, 1.82) is 0 Å². The Morgan fingerprint density at radius 2 is 2.00 bits per heavy atom. The number of nitrogens with zero attached hydrogens (tertiary/aromatic N) is 2. The van der Waals surface area contributed by atoms with E-state index in [0.29, 0.717) is 18.3 Å². The second-order valence-electron chi connectivity index (χ2n) is 9.05. The summed E-state index contributed by atoms with van der Waals surface area (Å²) in [6, 6.07) is 10.9. The molecule has 32 heavy (non-hydrogen) atoms. The molecule has 1 aromatic carbocycles. The number of fused-ring (bicyclic) bond motifs is 1. The summed E-state index contributed by atoms with van der Waals surface area (Å²) in [7, 11) is 0. The molecule has 1 saturated heterocycles. The molecule has 6 nitrogen and oxygen atoms in total. The Morgan fingerprint density at radius 1 is 1.25 bits per heavy atom. The van der Waals surface area contributed by atoms with Gasteiger partial charge < -0.3 is 14.3 Å². The summed E-state index contributed by atoms with van der Waals surface area (Å²) in [4.78, 5) is 10.5. The average molecular weight is 456 g/mol. The minimum atomic E-state index is -1.72. The number of benzene rings is 1. The molecule has 0 aliphatic carbocycles. The zero-order chi connectivity index (χ0) is 22.8. The highest BCUT2D eigenvalue weighted by Gasteiger charge is 2.24. The van der Waals surface area contributed by atoms with Crippen LogP contribution in [-0.2, 0) is 15.8 Å². The molecule has 1 fully saturated rings. The topological polar surface area (TPSA) is 78.5 Å². The predicted octanol–water partition coefficient (Wildman–Crippen LogP) is 4.96. The molecule has 0 spiro atoms. The molecule has 0 saturated carbocycles. The smallest absolute Gasteiger partial charge is 0.152 e. The monoisotopic (exact) mass is 455 g/mol.